The highest BCUT2D eigenvalue weighted by Gasteiger charge is 2.55. The Morgan fingerprint density at radius 2 is 1.71 bits per heavy atom. The van der Waals surface area contributed by atoms with Crippen LogP contribution in [0.15, 0.2) is 30.3 Å². The van der Waals surface area contributed by atoms with E-state index in [1.165, 1.54) is 0 Å². The highest BCUT2D eigenvalue weighted by atomic mass is 16.6. The molecule has 186 valence electrons. The number of benzene rings is 1. The first kappa shape index (κ1) is 23.4. The lowest BCUT2D eigenvalue weighted by Gasteiger charge is -2.44. The number of ether oxygens (including phenoxy) is 4. The maximum absolute atomic E-state index is 12.6. The van der Waals surface area contributed by atoms with Gasteiger partial charge in [0.05, 0.1) is 25.3 Å². The maximum atomic E-state index is 12.6. The molecule has 5 rings (SSSR count). The van der Waals surface area contributed by atoms with Gasteiger partial charge in [0.15, 0.2) is 0 Å². The van der Waals surface area contributed by atoms with Crippen molar-refractivity contribution < 1.29 is 28.5 Å². The molecule has 34 heavy (non-hydrogen) atoms. The fourth-order valence-electron chi connectivity index (χ4n) is 5.73. The first-order valence-corrected chi connectivity index (χ1v) is 12.2. The number of carbonyl (C=O) groups is 2. The molecule has 0 radical (unpaired) electrons. The molecule has 9 heteroatoms. The van der Waals surface area contributed by atoms with Gasteiger partial charge in [0.1, 0.15) is 24.4 Å². The number of rotatable bonds is 4. The zero-order chi connectivity index (χ0) is 23.9. The third kappa shape index (κ3) is 4.87. The molecule has 1 aromatic rings. The number of hydrogen-bond acceptors (Lipinski definition) is 7. The van der Waals surface area contributed by atoms with Crippen LogP contribution in [0.2, 0.25) is 0 Å². The van der Waals surface area contributed by atoms with Crippen LogP contribution in [-0.2, 0) is 25.6 Å². The number of carbonyl (C=O) groups excluding carboxylic acids is 2. The molecular weight excluding hydrogens is 438 g/mol. The molecule has 0 saturated carbocycles. The predicted octanol–water partition coefficient (Wildman–Crippen LogP) is 2.53. The van der Waals surface area contributed by atoms with E-state index in [2.05, 4.69) is 10.2 Å². The Bertz CT molecular complexity index is 876. The van der Waals surface area contributed by atoms with Gasteiger partial charge < -0.3 is 29.2 Å². The summed E-state index contributed by atoms with van der Waals surface area (Å²) in [5, 5.41) is 2.93. The second-order valence-electron chi connectivity index (χ2n) is 10.7. The Morgan fingerprint density at radius 3 is 2.38 bits per heavy atom. The van der Waals surface area contributed by atoms with Crippen molar-refractivity contribution in [3.63, 3.8) is 0 Å². The van der Waals surface area contributed by atoms with Crippen molar-refractivity contribution in [2.75, 3.05) is 26.3 Å². The number of amides is 2. The minimum Gasteiger partial charge on any atom is -0.445 e. The van der Waals surface area contributed by atoms with Crippen molar-refractivity contribution in [2.24, 2.45) is 0 Å². The maximum Gasteiger partial charge on any atom is 0.410 e. The zero-order valence-corrected chi connectivity index (χ0v) is 20.1. The molecule has 4 aliphatic rings. The number of alkyl carbamates (subject to hydrolysis) is 1. The number of hydrogen-bond donors (Lipinski definition) is 1. The molecule has 2 amide bonds. The summed E-state index contributed by atoms with van der Waals surface area (Å²) >= 11 is 0. The number of piperazine rings is 1. The molecule has 2 bridgehead atoms. The zero-order valence-electron chi connectivity index (χ0n) is 20.1. The number of likely N-dealkylation sites (tertiary alicyclic amines) is 1. The van der Waals surface area contributed by atoms with Gasteiger partial charge in [0.2, 0.25) is 0 Å². The Morgan fingerprint density at radius 1 is 1.03 bits per heavy atom. The van der Waals surface area contributed by atoms with E-state index in [-0.39, 0.29) is 49.1 Å². The van der Waals surface area contributed by atoms with Crippen molar-refractivity contribution in [3.8, 4) is 0 Å². The van der Waals surface area contributed by atoms with Crippen molar-refractivity contribution in [3.05, 3.63) is 35.9 Å². The van der Waals surface area contributed by atoms with Crippen LogP contribution in [0.3, 0.4) is 0 Å². The SMILES string of the molecule is CC(C)(C)OC(=O)N1CC2CCC(C1)N2[C@H]1CO[C@H]2[C@@H]1OC[C@@H]2NC(=O)OCc1ccccc1. The standard InChI is InChI=1S/C25H35N3O6/c1-25(2,3)34-24(30)27-11-17-9-10-18(12-27)28(17)20-15-32-21-19(14-31-22(20)21)26-23(29)33-13-16-7-5-4-6-8-16/h4-8,17-22H,9-15H2,1-3H3,(H,26,29)/t17?,18?,19-,20-,21+,22+/m0/s1. The molecule has 4 aliphatic heterocycles. The lowest BCUT2D eigenvalue weighted by Crippen LogP contribution is -2.61. The fourth-order valence-corrected chi connectivity index (χ4v) is 5.73. The first-order chi connectivity index (χ1) is 16.3. The lowest BCUT2D eigenvalue weighted by molar-refractivity contribution is -0.0308. The van der Waals surface area contributed by atoms with Crippen LogP contribution in [0.25, 0.3) is 0 Å². The molecule has 4 fully saturated rings. The fraction of sp³-hybridized carbons (Fsp3) is 0.680. The van der Waals surface area contributed by atoms with E-state index in [4.69, 9.17) is 18.9 Å². The summed E-state index contributed by atoms with van der Waals surface area (Å²) in [5.41, 5.74) is 0.443. The van der Waals surface area contributed by atoms with Gasteiger partial charge in [-0.15, -0.1) is 0 Å². The van der Waals surface area contributed by atoms with Crippen LogP contribution < -0.4 is 5.32 Å². The molecule has 0 aliphatic carbocycles. The van der Waals surface area contributed by atoms with Gasteiger partial charge in [-0.05, 0) is 39.2 Å². The summed E-state index contributed by atoms with van der Waals surface area (Å²) in [5.74, 6) is 0. The summed E-state index contributed by atoms with van der Waals surface area (Å²) in [6.07, 6.45) is 1.10. The number of nitrogens with one attached hydrogen (secondary N) is 1. The Hall–Kier alpha value is -2.36. The van der Waals surface area contributed by atoms with E-state index in [9.17, 15) is 9.59 Å². The average Bonchev–Trinajstić information content (AvgIpc) is 3.44. The van der Waals surface area contributed by atoms with Crippen LogP contribution in [-0.4, -0.2) is 90.3 Å². The molecule has 1 aromatic carbocycles. The van der Waals surface area contributed by atoms with Crippen LogP contribution >= 0.6 is 0 Å². The van der Waals surface area contributed by atoms with Crippen molar-refractivity contribution in [1.82, 2.24) is 15.1 Å². The average molecular weight is 474 g/mol. The monoisotopic (exact) mass is 473 g/mol. The van der Waals surface area contributed by atoms with Gasteiger partial charge in [-0.1, -0.05) is 30.3 Å². The van der Waals surface area contributed by atoms with Crippen LogP contribution in [0, 0.1) is 0 Å². The van der Waals surface area contributed by atoms with E-state index in [0.717, 1.165) is 18.4 Å². The van der Waals surface area contributed by atoms with Crippen LogP contribution in [0.4, 0.5) is 9.59 Å². The predicted molar refractivity (Wildman–Crippen MR) is 123 cm³/mol. The molecular formula is C25H35N3O6. The van der Waals surface area contributed by atoms with E-state index in [0.29, 0.717) is 26.3 Å². The smallest absolute Gasteiger partial charge is 0.410 e. The van der Waals surface area contributed by atoms with E-state index < -0.39 is 11.7 Å². The largest absolute Gasteiger partial charge is 0.445 e. The van der Waals surface area contributed by atoms with Crippen LogP contribution in [0.1, 0.15) is 39.2 Å². The molecule has 1 N–H and O–H groups in total. The van der Waals surface area contributed by atoms with Gasteiger partial charge >= 0.3 is 12.2 Å². The van der Waals surface area contributed by atoms with Crippen molar-refractivity contribution in [2.45, 2.75) is 82.2 Å². The van der Waals surface area contributed by atoms with E-state index >= 15 is 0 Å². The molecule has 4 heterocycles. The van der Waals surface area contributed by atoms with Gasteiger partial charge in [0.25, 0.3) is 0 Å². The topological polar surface area (TPSA) is 89.6 Å². The Balaban J connectivity index is 1.15. The molecule has 0 spiro atoms. The highest BCUT2D eigenvalue weighted by molar-refractivity contribution is 5.68. The third-order valence-corrected chi connectivity index (χ3v) is 7.12. The second-order valence-corrected chi connectivity index (χ2v) is 10.7. The molecule has 0 aromatic heterocycles. The minimum absolute atomic E-state index is 0.101. The van der Waals surface area contributed by atoms with E-state index in [1.807, 2.05) is 56.0 Å². The van der Waals surface area contributed by atoms with Gasteiger partial charge in [0, 0.05) is 25.2 Å². The normalized spacial score (nSPS) is 33.0. The summed E-state index contributed by atoms with van der Waals surface area (Å²) < 4.78 is 23.3. The quantitative estimate of drug-likeness (QED) is 0.719. The summed E-state index contributed by atoms with van der Waals surface area (Å²) in [6, 6.07) is 10.0. The Labute approximate surface area is 200 Å². The van der Waals surface area contributed by atoms with E-state index in [1.54, 1.807) is 0 Å². The molecule has 2 unspecified atom stereocenters. The summed E-state index contributed by atoms with van der Waals surface area (Å²) in [7, 11) is 0. The third-order valence-electron chi connectivity index (χ3n) is 7.12. The van der Waals surface area contributed by atoms with Gasteiger partial charge in [-0.2, -0.15) is 0 Å². The summed E-state index contributed by atoms with van der Waals surface area (Å²) in [6.45, 7) is 8.19. The molecule has 4 saturated heterocycles. The number of fused-ring (bicyclic) bond motifs is 3. The Kier molecular flexibility index (Phi) is 6.43. The van der Waals surface area contributed by atoms with Crippen molar-refractivity contribution in [1.29, 1.82) is 0 Å². The second kappa shape index (κ2) is 9.36. The summed E-state index contributed by atoms with van der Waals surface area (Å²) in [4.78, 5) is 29.3. The lowest BCUT2D eigenvalue weighted by atomic mass is 10.0. The van der Waals surface area contributed by atoms with Crippen LogP contribution in [0.5, 0.6) is 0 Å². The first-order valence-electron chi connectivity index (χ1n) is 12.2. The number of nitrogens with zero attached hydrogens (tertiary/aromatic N) is 2. The minimum atomic E-state index is -0.498. The molecule has 6 atom stereocenters. The van der Waals surface area contributed by atoms with Crippen molar-refractivity contribution >= 4 is 12.2 Å². The molecule has 9 nitrogen and oxygen atoms in total. The van der Waals surface area contributed by atoms with Gasteiger partial charge in [-0.3, -0.25) is 4.90 Å². The highest BCUT2D eigenvalue weighted by Crippen LogP contribution is 2.39. The van der Waals surface area contributed by atoms with Gasteiger partial charge in [-0.25, -0.2) is 9.59 Å².